The third-order valence-electron chi connectivity index (χ3n) is 4.50. The van der Waals surface area contributed by atoms with Gasteiger partial charge in [-0.3, -0.25) is 0 Å². The molecule has 17 heavy (non-hydrogen) atoms. The Bertz CT molecular complexity index is 406. The summed E-state index contributed by atoms with van der Waals surface area (Å²) in [6.45, 7) is 4.64. The zero-order valence-corrected chi connectivity index (χ0v) is 10.8. The topological polar surface area (TPSA) is 38.0 Å². The Morgan fingerprint density at radius 2 is 2.12 bits per heavy atom. The fourth-order valence-electron chi connectivity index (χ4n) is 3.14. The molecule has 0 radical (unpaired) electrons. The maximum absolute atomic E-state index is 9.92. The van der Waals surface area contributed by atoms with Crippen LogP contribution in [0.2, 0.25) is 0 Å². The summed E-state index contributed by atoms with van der Waals surface area (Å²) in [4.78, 5) is 4.53. The Hall–Kier alpha value is -0.830. The molecule has 94 valence electrons. The molecule has 1 heterocycles. The van der Waals surface area contributed by atoms with Gasteiger partial charge in [0.05, 0.1) is 6.10 Å². The summed E-state index contributed by atoms with van der Waals surface area (Å²) in [5, 5.41) is 9.92. The quantitative estimate of drug-likeness (QED) is 0.854. The van der Waals surface area contributed by atoms with Crippen molar-refractivity contribution in [2.75, 3.05) is 0 Å². The van der Waals surface area contributed by atoms with Crippen molar-refractivity contribution in [1.29, 1.82) is 0 Å². The van der Waals surface area contributed by atoms with E-state index in [9.17, 15) is 5.11 Å². The molecule has 0 aliphatic heterocycles. The van der Waals surface area contributed by atoms with E-state index in [1.165, 1.54) is 18.7 Å². The number of imidazole rings is 1. The largest absolute Gasteiger partial charge is 0.393 e. The van der Waals surface area contributed by atoms with Crippen LogP contribution in [0.1, 0.15) is 63.7 Å². The predicted molar refractivity (Wildman–Crippen MR) is 66.9 cm³/mol. The molecule has 1 aromatic heterocycles. The maximum Gasteiger partial charge on any atom is 0.112 e. The molecule has 0 aromatic carbocycles. The minimum Gasteiger partial charge on any atom is -0.393 e. The van der Waals surface area contributed by atoms with E-state index in [2.05, 4.69) is 29.6 Å². The summed E-state index contributed by atoms with van der Waals surface area (Å²) in [6.07, 6.45) is 9.38. The molecule has 0 amide bonds. The monoisotopic (exact) mass is 234 g/mol. The molecular formula is C14H22N2O. The summed E-state index contributed by atoms with van der Waals surface area (Å²) in [6, 6.07) is 0.407. The zero-order valence-electron chi connectivity index (χ0n) is 10.8. The molecular weight excluding hydrogens is 212 g/mol. The Morgan fingerprint density at radius 1 is 1.35 bits per heavy atom. The molecule has 1 aromatic rings. The van der Waals surface area contributed by atoms with Crippen LogP contribution in [-0.2, 0) is 0 Å². The number of hydrogen-bond acceptors (Lipinski definition) is 2. The summed E-state index contributed by atoms with van der Waals surface area (Å²) >= 11 is 0. The minimum absolute atomic E-state index is 0.137. The van der Waals surface area contributed by atoms with Gasteiger partial charge in [0.25, 0.3) is 0 Å². The summed E-state index contributed by atoms with van der Waals surface area (Å²) in [5.41, 5.74) is 0.267. The highest BCUT2D eigenvalue weighted by Gasteiger charge is 2.39. The molecule has 3 heteroatoms. The first-order valence-electron chi connectivity index (χ1n) is 6.79. The Morgan fingerprint density at radius 3 is 2.82 bits per heavy atom. The molecule has 0 spiro atoms. The molecule has 0 saturated heterocycles. The first-order valence-corrected chi connectivity index (χ1v) is 6.79. The van der Waals surface area contributed by atoms with Gasteiger partial charge >= 0.3 is 0 Å². The fraction of sp³-hybridized carbons (Fsp3) is 0.786. The van der Waals surface area contributed by atoms with Gasteiger partial charge in [-0.15, -0.1) is 0 Å². The highest BCUT2D eigenvalue weighted by atomic mass is 16.3. The highest BCUT2D eigenvalue weighted by Crippen LogP contribution is 2.47. The Balaban J connectivity index is 1.92. The molecule has 2 saturated carbocycles. The van der Waals surface area contributed by atoms with E-state index in [-0.39, 0.29) is 11.5 Å². The van der Waals surface area contributed by atoms with E-state index >= 15 is 0 Å². The van der Waals surface area contributed by atoms with Crippen LogP contribution in [-0.4, -0.2) is 20.8 Å². The minimum atomic E-state index is -0.137. The van der Waals surface area contributed by atoms with E-state index in [0.29, 0.717) is 12.0 Å². The van der Waals surface area contributed by atoms with Crippen molar-refractivity contribution in [3.8, 4) is 0 Å². The van der Waals surface area contributed by atoms with Crippen LogP contribution in [0.3, 0.4) is 0 Å². The van der Waals surface area contributed by atoms with Gasteiger partial charge in [-0.1, -0.05) is 13.8 Å². The molecule has 2 fully saturated rings. The van der Waals surface area contributed by atoms with Crippen LogP contribution in [0.15, 0.2) is 12.4 Å². The first-order chi connectivity index (χ1) is 8.08. The predicted octanol–water partition coefficient (Wildman–Crippen LogP) is 2.87. The third-order valence-corrected chi connectivity index (χ3v) is 4.50. The molecule has 2 aliphatic rings. The first kappa shape index (κ1) is 11.3. The number of rotatable bonds is 2. The van der Waals surface area contributed by atoms with Crippen molar-refractivity contribution in [1.82, 2.24) is 9.55 Å². The molecule has 3 nitrogen and oxygen atoms in total. The zero-order chi connectivity index (χ0) is 12.0. The van der Waals surface area contributed by atoms with Gasteiger partial charge in [0.2, 0.25) is 0 Å². The lowest BCUT2D eigenvalue weighted by Gasteiger charge is -2.42. The van der Waals surface area contributed by atoms with Crippen molar-refractivity contribution < 1.29 is 5.11 Å². The van der Waals surface area contributed by atoms with Gasteiger partial charge in [-0.05, 0) is 37.5 Å². The van der Waals surface area contributed by atoms with E-state index < -0.39 is 0 Å². The van der Waals surface area contributed by atoms with E-state index in [4.69, 9.17) is 0 Å². The van der Waals surface area contributed by atoms with Gasteiger partial charge in [0.15, 0.2) is 0 Å². The Labute approximate surface area is 103 Å². The average Bonchev–Trinajstić information content (AvgIpc) is 3.01. The molecule has 3 rings (SSSR count). The SMILES string of the molecule is CC1(C)CCC(O)CC1n1ccnc1C1CC1. The normalized spacial score (nSPS) is 32.6. The molecule has 1 N–H and O–H groups in total. The van der Waals surface area contributed by atoms with E-state index in [1.54, 1.807) is 0 Å². The van der Waals surface area contributed by atoms with Gasteiger partial charge in [-0.25, -0.2) is 4.98 Å². The number of hydrogen-bond donors (Lipinski definition) is 1. The van der Waals surface area contributed by atoms with Crippen LogP contribution in [0, 0.1) is 5.41 Å². The number of aliphatic hydroxyl groups is 1. The summed E-state index contributed by atoms with van der Waals surface area (Å²) in [7, 11) is 0. The van der Waals surface area contributed by atoms with Crippen LogP contribution >= 0.6 is 0 Å². The van der Waals surface area contributed by atoms with Crippen LogP contribution < -0.4 is 0 Å². The standard InChI is InChI=1S/C14H22N2O/c1-14(2)6-5-11(17)9-12(14)16-8-7-15-13(16)10-3-4-10/h7-8,10-12,17H,3-6,9H2,1-2H3. The fourth-order valence-corrected chi connectivity index (χ4v) is 3.14. The van der Waals surface area contributed by atoms with Gasteiger partial charge in [0.1, 0.15) is 5.82 Å². The van der Waals surface area contributed by atoms with Crippen molar-refractivity contribution >= 4 is 0 Å². The van der Waals surface area contributed by atoms with E-state index in [0.717, 1.165) is 19.3 Å². The van der Waals surface area contributed by atoms with E-state index in [1.807, 2.05) is 6.20 Å². The smallest absolute Gasteiger partial charge is 0.112 e. The summed E-state index contributed by atoms with van der Waals surface area (Å²) < 4.78 is 2.35. The third kappa shape index (κ3) is 2.01. The lowest BCUT2D eigenvalue weighted by molar-refractivity contribution is 0.0331. The number of aromatic nitrogens is 2. The second kappa shape index (κ2) is 3.84. The van der Waals surface area contributed by atoms with Crippen LogP contribution in [0.4, 0.5) is 0 Å². The van der Waals surface area contributed by atoms with Crippen LogP contribution in [0.5, 0.6) is 0 Å². The van der Waals surface area contributed by atoms with Crippen molar-refractivity contribution in [3.05, 3.63) is 18.2 Å². The van der Waals surface area contributed by atoms with Gasteiger partial charge in [0, 0.05) is 24.4 Å². The second-order valence-corrected chi connectivity index (χ2v) is 6.40. The number of aliphatic hydroxyl groups excluding tert-OH is 1. The van der Waals surface area contributed by atoms with Crippen molar-refractivity contribution in [3.63, 3.8) is 0 Å². The lowest BCUT2D eigenvalue weighted by Crippen LogP contribution is -2.36. The van der Waals surface area contributed by atoms with Crippen molar-refractivity contribution in [2.45, 2.75) is 64.0 Å². The average molecular weight is 234 g/mol. The van der Waals surface area contributed by atoms with Crippen LogP contribution in [0.25, 0.3) is 0 Å². The maximum atomic E-state index is 9.92. The lowest BCUT2D eigenvalue weighted by atomic mass is 9.72. The van der Waals surface area contributed by atoms with Gasteiger partial charge in [-0.2, -0.15) is 0 Å². The van der Waals surface area contributed by atoms with Crippen molar-refractivity contribution in [2.24, 2.45) is 5.41 Å². The second-order valence-electron chi connectivity index (χ2n) is 6.40. The highest BCUT2D eigenvalue weighted by molar-refractivity contribution is 5.10. The molecule has 2 unspecified atom stereocenters. The van der Waals surface area contributed by atoms with Gasteiger partial charge < -0.3 is 9.67 Å². The Kier molecular flexibility index (Phi) is 2.54. The molecule has 2 atom stereocenters. The molecule has 0 bridgehead atoms. The molecule has 2 aliphatic carbocycles. The number of nitrogens with zero attached hydrogens (tertiary/aromatic N) is 2. The summed E-state index contributed by atoms with van der Waals surface area (Å²) in [5.74, 6) is 1.93.